The Morgan fingerprint density at radius 3 is 2.43 bits per heavy atom. The lowest BCUT2D eigenvalue weighted by atomic mass is 10.2. The predicted molar refractivity (Wildman–Crippen MR) is 71.6 cm³/mol. The topological polar surface area (TPSA) is 44.0 Å². The van der Waals surface area contributed by atoms with Gasteiger partial charge in [0.1, 0.15) is 0 Å². The lowest BCUT2D eigenvalue weighted by molar-refractivity contribution is -0.137. The van der Waals surface area contributed by atoms with Gasteiger partial charge < -0.3 is 4.57 Å². The van der Waals surface area contributed by atoms with E-state index in [0.717, 1.165) is 16.7 Å². The van der Waals surface area contributed by atoms with Crippen molar-refractivity contribution >= 4 is 0 Å². The Morgan fingerprint density at radius 1 is 1.10 bits per heavy atom. The zero-order chi connectivity index (χ0) is 15.6. The van der Waals surface area contributed by atoms with Crippen molar-refractivity contribution in [3.63, 3.8) is 0 Å². The molecular formula is C14H13F3N2O2. The van der Waals surface area contributed by atoms with Crippen molar-refractivity contribution in [2.24, 2.45) is 0 Å². The van der Waals surface area contributed by atoms with Crippen LogP contribution in [0.5, 0.6) is 0 Å². The van der Waals surface area contributed by atoms with Gasteiger partial charge in [-0.05, 0) is 24.6 Å². The molecule has 1 aromatic carbocycles. The van der Waals surface area contributed by atoms with Crippen LogP contribution in [0.1, 0.15) is 18.9 Å². The molecule has 0 unspecified atom stereocenters. The number of nitrogens with zero attached hydrogens (tertiary/aromatic N) is 2. The molecular weight excluding hydrogens is 285 g/mol. The second-order valence-electron chi connectivity index (χ2n) is 4.52. The number of rotatable bonds is 3. The van der Waals surface area contributed by atoms with Gasteiger partial charge in [-0.3, -0.25) is 14.2 Å². The predicted octanol–water partition coefficient (Wildman–Crippen LogP) is 2.43. The zero-order valence-electron chi connectivity index (χ0n) is 11.2. The molecule has 1 heterocycles. The number of alkyl halides is 3. The molecule has 2 rings (SSSR count). The maximum atomic E-state index is 12.7. The number of hydrogen-bond acceptors (Lipinski definition) is 2. The van der Waals surface area contributed by atoms with Gasteiger partial charge in [0, 0.05) is 24.6 Å². The minimum atomic E-state index is -4.50. The fraction of sp³-hybridized carbons (Fsp3) is 0.286. The molecule has 21 heavy (non-hydrogen) atoms. The fourth-order valence-electron chi connectivity index (χ4n) is 1.96. The van der Waals surface area contributed by atoms with Gasteiger partial charge in [0.25, 0.3) is 0 Å². The monoisotopic (exact) mass is 298 g/mol. The van der Waals surface area contributed by atoms with Crippen LogP contribution in [0.4, 0.5) is 13.2 Å². The van der Waals surface area contributed by atoms with Gasteiger partial charge in [0.15, 0.2) is 0 Å². The van der Waals surface area contributed by atoms with E-state index in [4.69, 9.17) is 0 Å². The first kappa shape index (κ1) is 15.1. The first-order valence-electron chi connectivity index (χ1n) is 6.34. The van der Waals surface area contributed by atoms with Crippen LogP contribution < -0.4 is 11.1 Å². The van der Waals surface area contributed by atoms with E-state index >= 15 is 0 Å². The largest absolute Gasteiger partial charge is 0.416 e. The molecule has 0 atom stereocenters. The standard InChI is InChI=1S/C14H13F3N2O2/c1-2-6-18-7-8-19(13(21)12(18)20)11-5-3-4-10(9-11)14(15,16)17/h3-5,7-9H,2,6H2,1H3. The van der Waals surface area contributed by atoms with Gasteiger partial charge >= 0.3 is 17.3 Å². The summed E-state index contributed by atoms with van der Waals surface area (Å²) in [4.78, 5) is 23.8. The average molecular weight is 298 g/mol. The molecule has 0 amide bonds. The van der Waals surface area contributed by atoms with Gasteiger partial charge in [-0.15, -0.1) is 0 Å². The third-order valence-corrected chi connectivity index (χ3v) is 2.97. The van der Waals surface area contributed by atoms with E-state index < -0.39 is 22.9 Å². The van der Waals surface area contributed by atoms with Crippen LogP contribution in [0, 0.1) is 0 Å². The summed E-state index contributed by atoms with van der Waals surface area (Å²) in [7, 11) is 0. The summed E-state index contributed by atoms with van der Waals surface area (Å²) >= 11 is 0. The highest BCUT2D eigenvalue weighted by molar-refractivity contribution is 5.37. The number of benzene rings is 1. The van der Waals surface area contributed by atoms with E-state index in [2.05, 4.69) is 0 Å². The van der Waals surface area contributed by atoms with Crippen LogP contribution in [0.25, 0.3) is 5.69 Å². The Labute approximate surface area is 118 Å². The van der Waals surface area contributed by atoms with E-state index in [1.54, 1.807) is 0 Å². The Bertz CT molecular complexity index is 760. The summed E-state index contributed by atoms with van der Waals surface area (Å²) in [5.74, 6) is 0. The van der Waals surface area contributed by atoms with Crippen LogP contribution in [0.15, 0.2) is 46.2 Å². The van der Waals surface area contributed by atoms with Gasteiger partial charge in [-0.2, -0.15) is 13.2 Å². The van der Waals surface area contributed by atoms with Gasteiger partial charge in [0.2, 0.25) is 0 Å². The minimum Gasteiger partial charge on any atom is -0.309 e. The van der Waals surface area contributed by atoms with Crippen LogP contribution >= 0.6 is 0 Å². The third kappa shape index (κ3) is 3.07. The van der Waals surface area contributed by atoms with Gasteiger partial charge in [0.05, 0.1) is 5.56 Å². The molecule has 112 valence electrons. The molecule has 0 aliphatic carbocycles. The fourth-order valence-corrected chi connectivity index (χ4v) is 1.96. The Kier molecular flexibility index (Phi) is 4.02. The van der Waals surface area contributed by atoms with E-state index in [-0.39, 0.29) is 5.69 Å². The Balaban J connectivity index is 2.56. The lowest BCUT2D eigenvalue weighted by Crippen LogP contribution is -2.39. The van der Waals surface area contributed by atoms with E-state index in [9.17, 15) is 22.8 Å². The summed E-state index contributed by atoms with van der Waals surface area (Å²) in [5, 5.41) is 0. The molecule has 0 radical (unpaired) electrons. The average Bonchev–Trinajstić information content (AvgIpc) is 2.43. The van der Waals surface area contributed by atoms with Crippen molar-refractivity contribution in [2.75, 3.05) is 0 Å². The molecule has 2 aromatic rings. The molecule has 0 saturated carbocycles. The molecule has 0 aliphatic heterocycles. The van der Waals surface area contributed by atoms with Crippen LogP contribution in [0.3, 0.4) is 0 Å². The highest BCUT2D eigenvalue weighted by atomic mass is 19.4. The van der Waals surface area contributed by atoms with Crippen molar-refractivity contribution in [2.45, 2.75) is 26.1 Å². The van der Waals surface area contributed by atoms with Crippen molar-refractivity contribution in [1.29, 1.82) is 0 Å². The molecule has 0 fully saturated rings. The number of hydrogen-bond donors (Lipinski definition) is 0. The van der Waals surface area contributed by atoms with Crippen molar-refractivity contribution < 1.29 is 13.2 Å². The lowest BCUT2D eigenvalue weighted by Gasteiger charge is -2.11. The number of aryl methyl sites for hydroxylation is 1. The molecule has 7 heteroatoms. The SMILES string of the molecule is CCCn1ccn(-c2cccc(C(F)(F)F)c2)c(=O)c1=O. The number of aromatic nitrogens is 2. The maximum absolute atomic E-state index is 12.7. The number of halogens is 3. The molecule has 0 spiro atoms. The molecule has 0 N–H and O–H groups in total. The zero-order valence-corrected chi connectivity index (χ0v) is 11.2. The van der Waals surface area contributed by atoms with Crippen molar-refractivity contribution in [3.05, 3.63) is 62.9 Å². The smallest absolute Gasteiger partial charge is 0.309 e. The first-order valence-corrected chi connectivity index (χ1v) is 6.34. The van der Waals surface area contributed by atoms with E-state index in [1.165, 1.54) is 29.1 Å². The van der Waals surface area contributed by atoms with Crippen LogP contribution in [0.2, 0.25) is 0 Å². The molecule has 0 aliphatic rings. The van der Waals surface area contributed by atoms with Crippen LogP contribution in [-0.4, -0.2) is 9.13 Å². The third-order valence-electron chi connectivity index (χ3n) is 2.97. The van der Waals surface area contributed by atoms with Gasteiger partial charge in [-0.1, -0.05) is 13.0 Å². The normalized spacial score (nSPS) is 11.6. The second kappa shape index (κ2) is 5.59. The summed E-state index contributed by atoms with van der Waals surface area (Å²) in [6.45, 7) is 2.24. The van der Waals surface area contributed by atoms with Gasteiger partial charge in [-0.25, -0.2) is 0 Å². The highest BCUT2D eigenvalue weighted by Gasteiger charge is 2.30. The molecule has 0 saturated heterocycles. The Morgan fingerprint density at radius 2 is 1.81 bits per heavy atom. The summed E-state index contributed by atoms with van der Waals surface area (Å²) in [6, 6.07) is 4.29. The van der Waals surface area contributed by atoms with E-state index in [1.807, 2.05) is 6.92 Å². The quantitative estimate of drug-likeness (QED) is 0.817. The summed E-state index contributed by atoms with van der Waals surface area (Å²) in [5.41, 5.74) is -2.48. The first-order chi connectivity index (χ1) is 9.84. The second-order valence-corrected chi connectivity index (χ2v) is 4.52. The van der Waals surface area contributed by atoms with Crippen molar-refractivity contribution in [1.82, 2.24) is 9.13 Å². The summed E-state index contributed by atoms with van der Waals surface area (Å²) < 4.78 is 40.2. The molecule has 0 bridgehead atoms. The molecule has 1 aromatic heterocycles. The summed E-state index contributed by atoms with van der Waals surface area (Å²) in [6.07, 6.45) is -1.13. The maximum Gasteiger partial charge on any atom is 0.416 e. The highest BCUT2D eigenvalue weighted by Crippen LogP contribution is 2.29. The van der Waals surface area contributed by atoms with Crippen LogP contribution in [-0.2, 0) is 12.7 Å². The Hall–Kier alpha value is -2.31. The minimum absolute atomic E-state index is 0.00979. The molecule has 4 nitrogen and oxygen atoms in total. The van der Waals surface area contributed by atoms with Crippen molar-refractivity contribution in [3.8, 4) is 5.69 Å². The van der Waals surface area contributed by atoms with E-state index in [0.29, 0.717) is 13.0 Å².